The molecule has 10 heteroatoms. The van der Waals surface area contributed by atoms with Gasteiger partial charge in [0.25, 0.3) is 0 Å². The fourth-order valence-corrected chi connectivity index (χ4v) is 1.96. The summed E-state index contributed by atoms with van der Waals surface area (Å²) in [6.07, 6.45) is 1.50. The monoisotopic (exact) mass is 360 g/mol. The molecule has 0 saturated carbocycles. The normalized spacial score (nSPS) is 11.5. The maximum absolute atomic E-state index is 13.2. The SMILES string of the molecule is CCOC(=O)c1ccc(C(F)(F)Cl)nc1COCc1ncn(C)n1. The molecule has 0 bridgehead atoms. The number of carbonyl (C=O) groups excluding carboxylic acids is 1. The van der Waals surface area contributed by atoms with E-state index in [1.165, 1.54) is 17.1 Å². The molecule has 0 spiro atoms. The summed E-state index contributed by atoms with van der Waals surface area (Å²) in [7, 11) is 1.70. The van der Waals surface area contributed by atoms with Gasteiger partial charge in [0.2, 0.25) is 0 Å². The van der Waals surface area contributed by atoms with Crippen LogP contribution in [0.1, 0.15) is 34.5 Å². The molecule has 2 rings (SSSR count). The Kier molecular flexibility index (Phi) is 5.79. The largest absolute Gasteiger partial charge is 0.462 e. The number of esters is 1. The van der Waals surface area contributed by atoms with E-state index < -0.39 is 17.0 Å². The minimum atomic E-state index is -3.65. The molecule has 0 N–H and O–H groups in total. The van der Waals surface area contributed by atoms with Crippen LogP contribution in [-0.4, -0.2) is 32.3 Å². The van der Waals surface area contributed by atoms with Crippen LogP contribution in [0, 0.1) is 0 Å². The molecule has 0 aliphatic heterocycles. The zero-order chi connectivity index (χ0) is 17.7. The molecule has 7 nitrogen and oxygen atoms in total. The molecule has 0 atom stereocenters. The molecule has 0 saturated heterocycles. The van der Waals surface area contributed by atoms with E-state index in [1.54, 1.807) is 14.0 Å². The number of pyridine rings is 1. The Morgan fingerprint density at radius 2 is 2.12 bits per heavy atom. The van der Waals surface area contributed by atoms with Crippen LogP contribution in [0.5, 0.6) is 0 Å². The predicted molar refractivity (Wildman–Crippen MR) is 79.4 cm³/mol. The van der Waals surface area contributed by atoms with Crippen LogP contribution in [0.25, 0.3) is 0 Å². The van der Waals surface area contributed by atoms with Gasteiger partial charge in [0.1, 0.15) is 18.6 Å². The number of ether oxygens (including phenoxy) is 2. The molecular weight excluding hydrogens is 346 g/mol. The van der Waals surface area contributed by atoms with Crippen LogP contribution >= 0.6 is 11.6 Å². The topological polar surface area (TPSA) is 79.1 Å². The molecule has 0 unspecified atom stereocenters. The number of aromatic nitrogens is 4. The van der Waals surface area contributed by atoms with Crippen molar-refractivity contribution in [2.45, 2.75) is 25.5 Å². The van der Waals surface area contributed by atoms with Crippen LogP contribution in [0.2, 0.25) is 0 Å². The highest BCUT2D eigenvalue weighted by molar-refractivity contribution is 6.21. The van der Waals surface area contributed by atoms with Crippen LogP contribution in [0.3, 0.4) is 0 Å². The number of hydrogen-bond donors (Lipinski definition) is 0. The lowest BCUT2D eigenvalue weighted by Crippen LogP contribution is -2.15. The van der Waals surface area contributed by atoms with Crippen molar-refractivity contribution in [2.24, 2.45) is 7.05 Å². The lowest BCUT2D eigenvalue weighted by Gasteiger charge is -2.12. The van der Waals surface area contributed by atoms with Crippen molar-refractivity contribution in [1.29, 1.82) is 0 Å². The van der Waals surface area contributed by atoms with Crippen molar-refractivity contribution < 1.29 is 23.0 Å². The number of carbonyl (C=O) groups is 1. The lowest BCUT2D eigenvalue weighted by molar-refractivity contribution is 0.0510. The Morgan fingerprint density at radius 3 is 2.71 bits per heavy atom. The molecule has 0 radical (unpaired) electrons. The van der Waals surface area contributed by atoms with Gasteiger partial charge in [-0.2, -0.15) is 13.9 Å². The molecule has 130 valence electrons. The maximum Gasteiger partial charge on any atom is 0.364 e. The number of alkyl halides is 3. The van der Waals surface area contributed by atoms with E-state index in [2.05, 4.69) is 15.1 Å². The Labute approximate surface area is 141 Å². The van der Waals surface area contributed by atoms with Gasteiger partial charge in [-0.3, -0.25) is 4.68 Å². The summed E-state index contributed by atoms with van der Waals surface area (Å²) in [6, 6.07) is 2.16. The fraction of sp³-hybridized carbons (Fsp3) is 0.429. The molecule has 24 heavy (non-hydrogen) atoms. The second-order valence-electron chi connectivity index (χ2n) is 4.74. The first kappa shape index (κ1) is 18.2. The summed E-state index contributed by atoms with van der Waals surface area (Å²) in [4.78, 5) is 19.6. The summed E-state index contributed by atoms with van der Waals surface area (Å²) in [5.74, 6) is -0.266. The third-order valence-electron chi connectivity index (χ3n) is 2.88. The quantitative estimate of drug-likeness (QED) is 0.557. The smallest absolute Gasteiger partial charge is 0.364 e. The average molecular weight is 361 g/mol. The van der Waals surface area contributed by atoms with Gasteiger partial charge in [0.05, 0.1) is 24.5 Å². The average Bonchev–Trinajstić information content (AvgIpc) is 2.92. The minimum absolute atomic E-state index is 0.00204. The Morgan fingerprint density at radius 1 is 1.38 bits per heavy atom. The van der Waals surface area contributed by atoms with Crippen LogP contribution < -0.4 is 0 Å². The van der Waals surface area contributed by atoms with Gasteiger partial charge < -0.3 is 9.47 Å². The van der Waals surface area contributed by atoms with Crippen molar-refractivity contribution in [2.75, 3.05) is 6.61 Å². The first-order valence-electron chi connectivity index (χ1n) is 6.97. The molecule has 0 fully saturated rings. The van der Waals surface area contributed by atoms with E-state index in [-0.39, 0.29) is 31.1 Å². The Hall–Kier alpha value is -2.13. The zero-order valence-electron chi connectivity index (χ0n) is 13.0. The molecule has 0 aliphatic carbocycles. The fourth-order valence-electron chi connectivity index (χ4n) is 1.85. The van der Waals surface area contributed by atoms with Crippen LogP contribution in [0.4, 0.5) is 8.78 Å². The van der Waals surface area contributed by atoms with Crippen molar-refractivity contribution in [3.8, 4) is 0 Å². The first-order valence-corrected chi connectivity index (χ1v) is 7.35. The molecular formula is C14H15ClF2N4O3. The molecule has 0 aliphatic rings. The maximum atomic E-state index is 13.2. The number of nitrogens with zero attached hydrogens (tertiary/aromatic N) is 4. The number of hydrogen-bond acceptors (Lipinski definition) is 6. The van der Waals surface area contributed by atoms with Gasteiger partial charge in [0, 0.05) is 7.05 Å². The highest BCUT2D eigenvalue weighted by atomic mass is 35.5. The first-order chi connectivity index (χ1) is 11.3. The minimum Gasteiger partial charge on any atom is -0.462 e. The highest BCUT2D eigenvalue weighted by Gasteiger charge is 2.31. The van der Waals surface area contributed by atoms with Crippen LogP contribution in [-0.2, 0) is 35.1 Å². The lowest BCUT2D eigenvalue weighted by atomic mass is 10.1. The van der Waals surface area contributed by atoms with E-state index in [1.807, 2.05) is 0 Å². The summed E-state index contributed by atoms with van der Waals surface area (Å²) >= 11 is 4.98. The van der Waals surface area contributed by atoms with Gasteiger partial charge in [-0.1, -0.05) is 0 Å². The van der Waals surface area contributed by atoms with Crippen molar-refractivity contribution in [1.82, 2.24) is 19.7 Å². The van der Waals surface area contributed by atoms with Crippen molar-refractivity contribution in [3.05, 3.63) is 41.2 Å². The van der Waals surface area contributed by atoms with E-state index in [4.69, 9.17) is 21.1 Å². The second kappa shape index (κ2) is 7.63. The number of aryl methyl sites for hydroxylation is 1. The van der Waals surface area contributed by atoms with E-state index >= 15 is 0 Å². The molecule has 0 aromatic carbocycles. The zero-order valence-corrected chi connectivity index (χ0v) is 13.8. The van der Waals surface area contributed by atoms with Crippen molar-refractivity contribution in [3.63, 3.8) is 0 Å². The Balaban J connectivity index is 2.18. The molecule has 2 aromatic heterocycles. The van der Waals surface area contributed by atoms with Gasteiger partial charge in [0.15, 0.2) is 5.82 Å². The molecule has 2 heterocycles. The van der Waals surface area contributed by atoms with E-state index in [0.717, 1.165) is 6.07 Å². The standard InChI is InChI=1S/C14H15ClF2N4O3/c1-3-24-13(22)9-4-5-11(14(15,16)17)19-10(9)6-23-7-12-18-8-21(2)20-12/h4-5,8H,3,6-7H2,1-2H3. The van der Waals surface area contributed by atoms with Crippen LogP contribution in [0.15, 0.2) is 18.5 Å². The van der Waals surface area contributed by atoms with Gasteiger partial charge in [-0.05, 0) is 30.7 Å². The second-order valence-corrected chi connectivity index (χ2v) is 5.21. The molecule has 0 amide bonds. The summed E-state index contributed by atoms with van der Waals surface area (Å²) in [5, 5.41) is 0.365. The predicted octanol–water partition coefficient (Wildman–Crippen LogP) is 2.39. The molecule has 2 aromatic rings. The third kappa shape index (κ3) is 4.68. The summed E-state index contributed by atoms with van der Waals surface area (Å²) in [6.45, 7) is 1.61. The number of rotatable bonds is 7. The summed E-state index contributed by atoms with van der Waals surface area (Å²) in [5.41, 5.74) is -0.635. The van der Waals surface area contributed by atoms with Crippen molar-refractivity contribution >= 4 is 17.6 Å². The number of halogens is 3. The Bertz CT molecular complexity index is 718. The van der Waals surface area contributed by atoms with Gasteiger partial charge in [-0.25, -0.2) is 14.8 Å². The third-order valence-corrected chi connectivity index (χ3v) is 3.07. The van der Waals surface area contributed by atoms with E-state index in [9.17, 15) is 13.6 Å². The highest BCUT2D eigenvalue weighted by Crippen LogP contribution is 2.31. The van der Waals surface area contributed by atoms with E-state index in [0.29, 0.717) is 5.82 Å². The van der Waals surface area contributed by atoms with Gasteiger partial charge >= 0.3 is 11.4 Å². The van der Waals surface area contributed by atoms with Gasteiger partial charge in [-0.15, -0.1) is 0 Å². The summed E-state index contributed by atoms with van der Waals surface area (Å²) < 4.78 is 38.2.